The van der Waals surface area contributed by atoms with Gasteiger partial charge in [-0.2, -0.15) is 0 Å². The summed E-state index contributed by atoms with van der Waals surface area (Å²) in [4.78, 5) is 9.78. The van der Waals surface area contributed by atoms with Crippen LogP contribution in [0.15, 0.2) is 36.5 Å². The number of nitrogens with zero attached hydrogens (tertiary/aromatic N) is 2. The Morgan fingerprint density at radius 3 is 2.94 bits per heavy atom. The van der Waals surface area contributed by atoms with Gasteiger partial charge in [-0.1, -0.05) is 30.3 Å². The van der Waals surface area contributed by atoms with Crippen LogP contribution >= 0.6 is 12.2 Å². The normalized spacial score (nSPS) is 15.3. The van der Waals surface area contributed by atoms with Crippen LogP contribution in [0.5, 0.6) is 0 Å². The highest BCUT2D eigenvalue weighted by molar-refractivity contribution is 7.71. The molecule has 0 atom stereocenters. The minimum Gasteiger partial charge on any atom is -0.333 e. The molecule has 3 rings (SSSR count). The van der Waals surface area contributed by atoms with Crippen molar-refractivity contribution in [3.05, 3.63) is 58.1 Å². The summed E-state index contributed by atoms with van der Waals surface area (Å²) in [6.07, 6.45) is 2.95. The van der Waals surface area contributed by atoms with E-state index < -0.39 is 0 Å². The van der Waals surface area contributed by atoms with E-state index in [0.29, 0.717) is 4.77 Å². The Labute approximate surface area is 112 Å². The molecule has 0 saturated carbocycles. The zero-order valence-corrected chi connectivity index (χ0v) is 10.9. The maximum Gasteiger partial charge on any atom is 0.196 e. The Balaban J connectivity index is 1.77. The lowest BCUT2D eigenvalue weighted by molar-refractivity contribution is 0.241. The first-order valence-electron chi connectivity index (χ1n) is 6.14. The molecule has 1 aliphatic heterocycles. The van der Waals surface area contributed by atoms with E-state index in [0.717, 1.165) is 26.1 Å². The van der Waals surface area contributed by atoms with Gasteiger partial charge in [0.05, 0.1) is 0 Å². The van der Waals surface area contributed by atoms with E-state index >= 15 is 0 Å². The zero-order chi connectivity index (χ0) is 12.4. The number of nitrogens with one attached hydrogen (secondary N) is 1. The molecule has 1 aromatic carbocycles. The fourth-order valence-electron chi connectivity index (χ4n) is 2.37. The summed E-state index contributed by atoms with van der Waals surface area (Å²) in [7, 11) is 0. The molecule has 2 heterocycles. The summed E-state index contributed by atoms with van der Waals surface area (Å²) in [5, 5.41) is 0. The number of aromatic nitrogens is 2. The Morgan fingerprint density at radius 2 is 2.11 bits per heavy atom. The van der Waals surface area contributed by atoms with Gasteiger partial charge in [-0.15, -0.1) is 0 Å². The summed E-state index contributed by atoms with van der Waals surface area (Å²) in [5.41, 5.74) is 3.87. The molecule has 0 bridgehead atoms. The highest BCUT2D eigenvalue weighted by Gasteiger charge is 2.16. The van der Waals surface area contributed by atoms with Crippen molar-refractivity contribution in [2.45, 2.75) is 19.5 Å². The van der Waals surface area contributed by atoms with E-state index in [1.54, 1.807) is 0 Å². The van der Waals surface area contributed by atoms with Gasteiger partial charge in [-0.05, 0) is 29.8 Å². The summed E-state index contributed by atoms with van der Waals surface area (Å²) in [6.45, 7) is 2.99. The molecular formula is C14H15N3S. The number of rotatable bonds is 2. The van der Waals surface area contributed by atoms with Crippen LogP contribution in [0.2, 0.25) is 0 Å². The number of hydrogen-bond acceptors (Lipinski definition) is 3. The molecule has 0 saturated heterocycles. The number of benzene rings is 1. The molecule has 92 valence electrons. The highest BCUT2D eigenvalue weighted by atomic mass is 32.1. The van der Waals surface area contributed by atoms with E-state index in [9.17, 15) is 0 Å². The fraction of sp³-hybridized carbons (Fsp3) is 0.286. The molecule has 0 spiro atoms. The molecule has 4 heteroatoms. The maximum atomic E-state index is 5.08. The maximum absolute atomic E-state index is 5.08. The second kappa shape index (κ2) is 5.00. The standard InChI is InChI=1S/C14H15N3S/c18-14-15-8-12-6-7-17(10-13(12)16-14)9-11-4-2-1-3-5-11/h1-5,8H,6-7,9-10H2,(H,15,16,18). The second-order valence-corrected chi connectivity index (χ2v) is 5.03. The molecule has 1 aromatic heterocycles. The Hall–Kier alpha value is -1.52. The zero-order valence-electron chi connectivity index (χ0n) is 10.1. The van der Waals surface area contributed by atoms with Crippen molar-refractivity contribution < 1.29 is 0 Å². The Bertz CT molecular complexity index is 591. The molecular weight excluding hydrogens is 242 g/mol. The van der Waals surface area contributed by atoms with Crippen LogP contribution in [0.25, 0.3) is 0 Å². The monoisotopic (exact) mass is 257 g/mol. The first-order chi connectivity index (χ1) is 8.81. The van der Waals surface area contributed by atoms with Crippen LogP contribution in [-0.4, -0.2) is 21.4 Å². The third-order valence-corrected chi connectivity index (χ3v) is 3.52. The van der Waals surface area contributed by atoms with Gasteiger partial charge in [0.2, 0.25) is 0 Å². The van der Waals surface area contributed by atoms with Gasteiger partial charge in [-0.3, -0.25) is 4.90 Å². The van der Waals surface area contributed by atoms with E-state index in [2.05, 4.69) is 45.2 Å². The molecule has 0 fully saturated rings. The van der Waals surface area contributed by atoms with Crippen molar-refractivity contribution in [1.29, 1.82) is 0 Å². The minimum atomic E-state index is 0.579. The van der Waals surface area contributed by atoms with Crippen molar-refractivity contribution in [1.82, 2.24) is 14.9 Å². The van der Waals surface area contributed by atoms with Crippen molar-refractivity contribution in [2.24, 2.45) is 0 Å². The first kappa shape index (κ1) is 11.6. The molecule has 1 N–H and O–H groups in total. The molecule has 0 radical (unpaired) electrons. The Morgan fingerprint density at radius 1 is 1.28 bits per heavy atom. The van der Waals surface area contributed by atoms with Crippen molar-refractivity contribution in [3.63, 3.8) is 0 Å². The summed E-state index contributed by atoms with van der Waals surface area (Å²) in [5.74, 6) is 0. The largest absolute Gasteiger partial charge is 0.333 e. The van der Waals surface area contributed by atoms with E-state index in [-0.39, 0.29) is 0 Å². The predicted molar refractivity (Wildman–Crippen MR) is 73.7 cm³/mol. The summed E-state index contributed by atoms with van der Waals surface area (Å²) >= 11 is 5.08. The molecule has 0 unspecified atom stereocenters. The summed E-state index contributed by atoms with van der Waals surface area (Å²) in [6, 6.07) is 10.6. The highest BCUT2D eigenvalue weighted by Crippen LogP contribution is 2.17. The number of aromatic amines is 1. The van der Waals surface area contributed by atoms with Gasteiger partial charge in [0.1, 0.15) is 0 Å². The molecule has 1 aliphatic rings. The van der Waals surface area contributed by atoms with Crippen LogP contribution < -0.4 is 0 Å². The lowest BCUT2D eigenvalue weighted by Gasteiger charge is -2.28. The predicted octanol–water partition coefficient (Wildman–Crippen LogP) is 2.70. The van der Waals surface area contributed by atoms with Gasteiger partial charge in [0.25, 0.3) is 0 Å². The minimum absolute atomic E-state index is 0.579. The van der Waals surface area contributed by atoms with Crippen LogP contribution in [0.3, 0.4) is 0 Å². The molecule has 0 aliphatic carbocycles. The smallest absolute Gasteiger partial charge is 0.196 e. The molecule has 0 amide bonds. The van der Waals surface area contributed by atoms with Crippen molar-refractivity contribution in [3.8, 4) is 0 Å². The number of fused-ring (bicyclic) bond motifs is 1. The second-order valence-electron chi connectivity index (χ2n) is 4.64. The van der Waals surface area contributed by atoms with Gasteiger partial charge in [0, 0.05) is 31.5 Å². The van der Waals surface area contributed by atoms with Gasteiger partial charge in [-0.25, -0.2) is 4.98 Å². The molecule has 18 heavy (non-hydrogen) atoms. The van der Waals surface area contributed by atoms with Gasteiger partial charge >= 0.3 is 0 Å². The van der Waals surface area contributed by atoms with Crippen LogP contribution in [-0.2, 0) is 19.5 Å². The third-order valence-electron chi connectivity index (χ3n) is 3.31. The first-order valence-corrected chi connectivity index (χ1v) is 6.55. The van der Waals surface area contributed by atoms with Crippen LogP contribution in [0.4, 0.5) is 0 Å². The van der Waals surface area contributed by atoms with Crippen LogP contribution in [0, 0.1) is 4.77 Å². The number of hydrogen-bond donors (Lipinski definition) is 1. The van der Waals surface area contributed by atoms with E-state index in [1.165, 1.54) is 16.8 Å². The lowest BCUT2D eigenvalue weighted by Crippen LogP contribution is -2.30. The molecule has 2 aromatic rings. The molecule has 3 nitrogen and oxygen atoms in total. The third kappa shape index (κ3) is 2.49. The average Bonchev–Trinajstić information content (AvgIpc) is 2.39. The SMILES string of the molecule is S=c1ncc2c([nH]1)CN(Cc1ccccc1)CC2. The van der Waals surface area contributed by atoms with Crippen molar-refractivity contribution in [2.75, 3.05) is 6.54 Å². The summed E-state index contributed by atoms with van der Waals surface area (Å²) < 4.78 is 0.579. The van der Waals surface area contributed by atoms with E-state index in [4.69, 9.17) is 12.2 Å². The fourth-order valence-corrected chi connectivity index (χ4v) is 2.55. The average molecular weight is 257 g/mol. The van der Waals surface area contributed by atoms with Gasteiger partial charge < -0.3 is 4.98 Å². The number of H-pyrrole nitrogens is 1. The van der Waals surface area contributed by atoms with Crippen molar-refractivity contribution >= 4 is 12.2 Å². The van der Waals surface area contributed by atoms with E-state index in [1.807, 2.05) is 6.20 Å². The van der Waals surface area contributed by atoms with Gasteiger partial charge in [0.15, 0.2) is 4.77 Å². The van der Waals surface area contributed by atoms with Crippen LogP contribution in [0.1, 0.15) is 16.8 Å². The topological polar surface area (TPSA) is 31.9 Å². The lowest BCUT2D eigenvalue weighted by atomic mass is 10.1. The quantitative estimate of drug-likeness (QED) is 0.839. The Kier molecular flexibility index (Phi) is 3.21.